The Morgan fingerprint density at radius 2 is 1.35 bits per heavy atom. The van der Waals surface area contributed by atoms with E-state index in [1.165, 1.54) is 0 Å². The molecule has 128 valence electrons. The van der Waals surface area contributed by atoms with E-state index in [1.807, 2.05) is 30.3 Å². The van der Waals surface area contributed by atoms with E-state index in [-0.39, 0.29) is 18.2 Å². The van der Waals surface area contributed by atoms with Gasteiger partial charge in [-0.15, -0.1) is 0 Å². The Kier molecular flexibility index (Phi) is 4.11. The van der Waals surface area contributed by atoms with Gasteiger partial charge in [0.2, 0.25) is 0 Å². The van der Waals surface area contributed by atoms with Crippen LogP contribution in [0, 0.1) is 0 Å². The van der Waals surface area contributed by atoms with Crippen LogP contribution in [0.1, 0.15) is 31.8 Å². The van der Waals surface area contributed by atoms with Crippen LogP contribution >= 0.6 is 0 Å². The molecule has 0 saturated heterocycles. The number of carbonyl (C=O) groups excluding carboxylic acids is 2. The second kappa shape index (κ2) is 6.58. The van der Waals surface area contributed by atoms with Crippen molar-refractivity contribution in [2.75, 3.05) is 18.5 Å². The van der Waals surface area contributed by atoms with Gasteiger partial charge in [-0.05, 0) is 29.3 Å². The summed E-state index contributed by atoms with van der Waals surface area (Å²) < 4.78 is 0. The third kappa shape index (κ3) is 2.70. The number of rotatable bonds is 4. The minimum atomic E-state index is -0.134. The van der Waals surface area contributed by atoms with Crippen LogP contribution in [-0.2, 0) is 0 Å². The zero-order chi connectivity index (χ0) is 18.1. The van der Waals surface area contributed by atoms with Crippen molar-refractivity contribution < 1.29 is 14.7 Å². The Labute approximate surface area is 151 Å². The van der Waals surface area contributed by atoms with E-state index in [1.54, 1.807) is 36.4 Å². The molecule has 4 rings (SSSR count). The van der Waals surface area contributed by atoms with Gasteiger partial charge >= 0.3 is 0 Å². The van der Waals surface area contributed by atoms with E-state index in [0.717, 1.165) is 16.8 Å². The molecule has 0 atom stereocenters. The minimum absolute atomic E-state index is 0.0648. The number of hydrogen-bond acceptors (Lipinski definition) is 4. The lowest BCUT2D eigenvalue weighted by Crippen LogP contribution is -2.06. The van der Waals surface area contributed by atoms with E-state index in [9.17, 15) is 9.59 Å². The molecule has 3 aromatic rings. The molecule has 4 nitrogen and oxygen atoms in total. The maximum Gasteiger partial charge on any atom is 0.194 e. The zero-order valence-corrected chi connectivity index (χ0v) is 14.0. The van der Waals surface area contributed by atoms with Crippen molar-refractivity contribution in [1.29, 1.82) is 0 Å². The summed E-state index contributed by atoms with van der Waals surface area (Å²) >= 11 is 0. The monoisotopic (exact) mass is 343 g/mol. The van der Waals surface area contributed by atoms with Crippen LogP contribution in [0.4, 0.5) is 5.69 Å². The maximum absolute atomic E-state index is 13.1. The van der Waals surface area contributed by atoms with Crippen LogP contribution < -0.4 is 5.32 Å². The lowest BCUT2D eigenvalue weighted by atomic mass is 9.94. The van der Waals surface area contributed by atoms with Gasteiger partial charge < -0.3 is 10.4 Å². The molecule has 0 aliphatic heterocycles. The van der Waals surface area contributed by atoms with Gasteiger partial charge in [0.1, 0.15) is 0 Å². The largest absolute Gasteiger partial charge is 0.395 e. The fourth-order valence-corrected chi connectivity index (χ4v) is 3.27. The summed E-state index contributed by atoms with van der Waals surface area (Å²) in [6.07, 6.45) is 0. The molecule has 0 aromatic heterocycles. The number of benzene rings is 3. The van der Waals surface area contributed by atoms with Gasteiger partial charge in [0, 0.05) is 34.5 Å². The van der Waals surface area contributed by atoms with Crippen molar-refractivity contribution in [2.45, 2.75) is 0 Å². The standard InChI is InChI=1S/C22H17NO3/c24-12-11-23-16-8-5-14(6-9-16)17-10-7-15-13-20(17)22(26)19-4-2-1-3-18(19)21(15)25/h1-10,13,23-24H,11-12H2. The Balaban J connectivity index is 1.80. The highest BCUT2D eigenvalue weighted by molar-refractivity contribution is 6.24. The smallest absolute Gasteiger partial charge is 0.194 e. The third-order valence-corrected chi connectivity index (χ3v) is 4.58. The van der Waals surface area contributed by atoms with Crippen LogP contribution in [0.2, 0.25) is 0 Å². The van der Waals surface area contributed by atoms with Gasteiger partial charge in [-0.1, -0.05) is 48.5 Å². The molecule has 0 heterocycles. The number of hydrogen-bond donors (Lipinski definition) is 2. The summed E-state index contributed by atoms with van der Waals surface area (Å²) in [5.41, 5.74) is 4.57. The van der Waals surface area contributed by atoms with E-state index in [0.29, 0.717) is 28.8 Å². The van der Waals surface area contributed by atoms with Crippen LogP contribution in [0.15, 0.2) is 66.7 Å². The zero-order valence-electron chi connectivity index (χ0n) is 14.0. The van der Waals surface area contributed by atoms with Gasteiger partial charge in [-0.25, -0.2) is 0 Å². The van der Waals surface area contributed by atoms with E-state index >= 15 is 0 Å². The van der Waals surface area contributed by atoms with E-state index in [4.69, 9.17) is 5.11 Å². The Hall–Kier alpha value is -3.24. The number of aliphatic hydroxyl groups is 1. The summed E-state index contributed by atoms with van der Waals surface area (Å²) in [6.45, 7) is 0.548. The molecule has 2 bridgehead atoms. The molecule has 0 fully saturated rings. The van der Waals surface area contributed by atoms with Crippen LogP contribution in [-0.4, -0.2) is 29.8 Å². The Morgan fingerprint density at radius 1 is 0.692 bits per heavy atom. The molecule has 2 N–H and O–H groups in total. The average molecular weight is 343 g/mol. The first-order valence-corrected chi connectivity index (χ1v) is 8.46. The summed E-state index contributed by atoms with van der Waals surface area (Å²) in [5, 5.41) is 12.0. The van der Waals surface area contributed by atoms with Crippen molar-refractivity contribution in [3.05, 3.63) is 89.0 Å². The molecular formula is C22H17NO3. The molecule has 26 heavy (non-hydrogen) atoms. The van der Waals surface area contributed by atoms with Crippen molar-refractivity contribution in [3.8, 4) is 11.1 Å². The van der Waals surface area contributed by atoms with Gasteiger partial charge in [0.15, 0.2) is 11.6 Å². The number of fused-ring (bicyclic) bond motifs is 3. The minimum Gasteiger partial charge on any atom is -0.395 e. The van der Waals surface area contributed by atoms with Gasteiger partial charge in [-0.2, -0.15) is 0 Å². The van der Waals surface area contributed by atoms with Crippen LogP contribution in [0.25, 0.3) is 11.1 Å². The molecule has 0 amide bonds. The molecule has 4 heteroatoms. The summed E-state index contributed by atoms with van der Waals surface area (Å²) in [7, 11) is 0. The molecule has 1 aliphatic rings. The average Bonchev–Trinajstić information content (AvgIpc) is 2.78. The molecule has 0 unspecified atom stereocenters. The SMILES string of the molecule is O=C1c2ccc(-c3ccc(NCCO)cc3)c(c2)C(=O)c2ccccc21. The fraction of sp³-hybridized carbons (Fsp3) is 0.0909. The van der Waals surface area contributed by atoms with E-state index in [2.05, 4.69) is 5.32 Å². The number of carbonyl (C=O) groups is 2. The van der Waals surface area contributed by atoms with Crippen LogP contribution in [0.5, 0.6) is 0 Å². The lowest BCUT2D eigenvalue weighted by molar-refractivity contribution is 0.101. The number of anilines is 1. The molecule has 0 spiro atoms. The molecule has 0 radical (unpaired) electrons. The van der Waals surface area contributed by atoms with Gasteiger partial charge in [-0.3, -0.25) is 9.59 Å². The first-order valence-electron chi connectivity index (χ1n) is 8.46. The second-order valence-corrected chi connectivity index (χ2v) is 6.19. The normalized spacial score (nSPS) is 12.5. The number of ketones is 2. The molecule has 0 saturated carbocycles. The molecular weight excluding hydrogens is 326 g/mol. The maximum atomic E-state index is 13.1. The van der Waals surface area contributed by atoms with Crippen molar-refractivity contribution in [2.24, 2.45) is 0 Å². The van der Waals surface area contributed by atoms with E-state index < -0.39 is 0 Å². The first kappa shape index (κ1) is 16.2. The van der Waals surface area contributed by atoms with Crippen LogP contribution in [0.3, 0.4) is 0 Å². The topological polar surface area (TPSA) is 66.4 Å². The van der Waals surface area contributed by atoms with Crippen molar-refractivity contribution >= 4 is 17.3 Å². The van der Waals surface area contributed by atoms with Gasteiger partial charge in [0.25, 0.3) is 0 Å². The second-order valence-electron chi connectivity index (χ2n) is 6.19. The highest BCUT2D eigenvalue weighted by atomic mass is 16.3. The predicted molar refractivity (Wildman–Crippen MR) is 101 cm³/mol. The summed E-state index contributed by atoms with van der Waals surface area (Å²) in [5.74, 6) is -0.256. The summed E-state index contributed by atoms with van der Waals surface area (Å²) in [4.78, 5) is 25.7. The molecule has 1 aliphatic carbocycles. The lowest BCUT2D eigenvalue weighted by Gasteiger charge is -2.10. The van der Waals surface area contributed by atoms with Gasteiger partial charge in [0.05, 0.1) is 6.61 Å². The fourth-order valence-electron chi connectivity index (χ4n) is 3.27. The number of aliphatic hydroxyl groups excluding tert-OH is 1. The van der Waals surface area contributed by atoms with Crippen molar-refractivity contribution in [3.63, 3.8) is 0 Å². The number of nitrogens with one attached hydrogen (secondary N) is 1. The van der Waals surface area contributed by atoms with Crippen molar-refractivity contribution in [1.82, 2.24) is 0 Å². The Morgan fingerprint density at radius 3 is 2.04 bits per heavy atom. The predicted octanol–water partition coefficient (Wildman–Crippen LogP) is 3.53. The highest BCUT2D eigenvalue weighted by Crippen LogP contribution is 2.32. The summed E-state index contributed by atoms with van der Waals surface area (Å²) in [6, 6.07) is 19.9. The third-order valence-electron chi connectivity index (χ3n) is 4.58. The first-order chi connectivity index (χ1) is 12.7. The highest BCUT2D eigenvalue weighted by Gasteiger charge is 2.26. The quantitative estimate of drug-likeness (QED) is 0.595. The molecule has 3 aromatic carbocycles. The Bertz CT molecular complexity index is 1010.